The molecule has 0 atom stereocenters. The number of rotatable bonds is 1. The molecule has 3 rings (SSSR count). The molecule has 3 aromatic rings. The lowest BCUT2D eigenvalue weighted by atomic mass is 10.1. The Labute approximate surface area is 117 Å². The maximum atomic E-state index is 10.3. The van der Waals surface area contributed by atoms with E-state index >= 15 is 0 Å². The Morgan fingerprint density at radius 3 is 2.30 bits per heavy atom. The van der Waals surface area contributed by atoms with Gasteiger partial charge in [-0.3, -0.25) is 0 Å². The summed E-state index contributed by atoms with van der Waals surface area (Å²) in [6, 6.07) is 14.7. The molecule has 0 aliphatic heterocycles. The molecule has 0 aliphatic rings. The molecule has 0 bridgehead atoms. The van der Waals surface area contributed by atoms with Gasteiger partial charge in [0.05, 0.1) is 11.5 Å². The number of aromatic hydroxyl groups is 2. The normalized spacial score (nSPS) is 10.9. The summed E-state index contributed by atoms with van der Waals surface area (Å²) in [7, 11) is 1.97. The first-order chi connectivity index (χ1) is 9.56. The van der Waals surface area contributed by atoms with E-state index in [1.165, 1.54) is 0 Å². The fourth-order valence-electron chi connectivity index (χ4n) is 2.49. The quantitative estimate of drug-likeness (QED) is 0.665. The molecule has 2 N–H and O–H groups in total. The number of fused-ring (bicyclic) bond motifs is 1. The molecular weight excluding hydrogens is 250 g/mol. The summed E-state index contributed by atoms with van der Waals surface area (Å²) in [5.41, 5.74) is 3.94. The number of aromatic nitrogens is 1. The van der Waals surface area contributed by atoms with Crippen LogP contribution in [0.1, 0.15) is 5.56 Å². The van der Waals surface area contributed by atoms with Gasteiger partial charge < -0.3 is 10.2 Å². The Bertz CT molecular complexity index is 792. The average Bonchev–Trinajstić information content (AvgIpc) is 2.44. The first-order valence-electron chi connectivity index (χ1n) is 6.48. The van der Waals surface area contributed by atoms with Crippen LogP contribution in [0.5, 0.6) is 11.5 Å². The SMILES string of the molecule is Cc1ccc2c(c1)c(O)cc(-c1ccc(O)cc1)[n+]2C. The molecule has 3 nitrogen and oxygen atoms in total. The summed E-state index contributed by atoms with van der Waals surface area (Å²) >= 11 is 0. The fraction of sp³-hybridized carbons (Fsp3) is 0.118. The number of hydrogen-bond acceptors (Lipinski definition) is 2. The van der Waals surface area contributed by atoms with Crippen LogP contribution >= 0.6 is 0 Å². The minimum Gasteiger partial charge on any atom is -0.508 e. The van der Waals surface area contributed by atoms with E-state index in [1.807, 2.05) is 48.9 Å². The number of pyridine rings is 1. The van der Waals surface area contributed by atoms with Gasteiger partial charge in [0.2, 0.25) is 11.2 Å². The van der Waals surface area contributed by atoms with Crippen LogP contribution in [0.25, 0.3) is 22.2 Å². The molecule has 1 heterocycles. The first-order valence-corrected chi connectivity index (χ1v) is 6.48. The van der Waals surface area contributed by atoms with Crippen molar-refractivity contribution in [3.63, 3.8) is 0 Å². The highest BCUT2D eigenvalue weighted by atomic mass is 16.3. The van der Waals surface area contributed by atoms with E-state index in [4.69, 9.17) is 0 Å². The number of nitrogens with zero attached hydrogens (tertiary/aromatic N) is 1. The van der Waals surface area contributed by atoms with Crippen molar-refractivity contribution < 1.29 is 14.8 Å². The predicted octanol–water partition coefficient (Wildman–Crippen LogP) is 3.05. The molecular formula is C17H16NO2+. The summed E-state index contributed by atoms with van der Waals surface area (Å²) in [5, 5.41) is 20.5. The third kappa shape index (κ3) is 1.97. The minimum absolute atomic E-state index is 0.233. The number of phenolic OH excluding ortho intramolecular Hbond substituents is 1. The number of benzene rings is 2. The van der Waals surface area contributed by atoms with Crippen LogP contribution in [0.15, 0.2) is 48.5 Å². The van der Waals surface area contributed by atoms with Gasteiger partial charge in [-0.2, -0.15) is 4.57 Å². The minimum atomic E-state index is 0.233. The summed E-state index contributed by atoms with van der Waals surface area (Å²) in [6.45, 7) is 2.01. The highest BCUT2D eigenvalue weighted by Gasteiger charge is 2.17. The van der Waals surface area contributed by atoms with Crippen molar-refractivity contribution in [1.82, 2.24) is 0 Å². The Morgan fingerprint density at radius 2 is 1.60 bits per heavy atom. The number of phenols is 1. The zero-order chi connectivity index (χ0) is 14.3. The zero-order valence-corrected chi connectivity index (χ0v) is 11.5. The van der Waals surface area contributed by atoms with E-state index in [2.05, 4.69) is 0 Å². The largest absolute Gasteiger partial charge is 0.508 e. The molecule has 0 fully saturated rings. The van der Waals surface area contributed by atoms with Gasteiger partial charge in [0.25, 0.3) is 0 Å². The highest BCUT2D eigenvalue weighted by Crippen LogP contribution is 2.28. The van der Waals surface area contributed by atoms with Crippen molar-refractivity contribution in [2.24, 2.45) is 7.05 Å². The Morgan fingerprint density at radius 1 is 0.900 bits per heavy atom. The second-order valence-corrected chi connectivity index (χ2v) is 5.04. The maximum Gasteiger partial charge on any atom is 0.216 e. The Hall–Kier alpha value is -2.55. The standard InChI is InChI=1S/C17H15NO2/c1-11-3-8-15-14(9-11)17(20)10-16(18(15)2)12-4-6-13(19)7-5-12/h3-10H,1-2H3,(H,19,20)/p+1. The lowest BCUT2D eigenvalue weighted by Crippen LogP contribution is -2.32. The van der Waals surface area contributed by atoms with Crippen LogP contribution in [0.3, 0.4) is 0 Å². The molecule has 2 aromatic carbocycles. The van der Waals surface area contributed by atoms with E-state index < -0.39 is 0 Å². The van der Waals surface area contributed by atoms with Crippen molar-refractivity contribution >= 4 is 10.9 Å². The molecule has 0 spiro atoms. The van der Waals surface area contributed by atoms with Crippen molar-refractivity contribution in [2.45, 2.75) is 6.92 Å². The molecule has 1 aromatic heterocycles. The molecule has 0 saturated heterocycles. The summed E-state index contributed by atoms with van der Waals surface area (Å²) in [6.07, 6.45) is 0. The average molecular weight is 266 g/mol. The second-order valence-electron chi connectivity index (χ2n) is 5.04. The maximum absolute atomic E-state index is 10.3. The number of hydrogen-bond donors (Lipinski definition) is 2. The second kappa shape index (κ2) is 4.53. The monoisotopic (exact) mass is 266 g/mol. The molecule has 20 heavy (non-hydrogen) atoms. The van der Waals surface area contributed by atoms with Gasteiger partial charge >= 0.3 is 0 Å². The molecule has 0 radical (unpaired) electrons. The topological polar surface area (TPSA) is 44.3 Å². The van der Waals surface area contributed by atoms with E-state index in [-0.39, 0.29) is 11.5 Å². The van der Waals surface area contributed by atoms with E-state index in [1.54, 1.807) is 18.2 Å². The summed E-state index contributed by atoms with van der Waals surface area (Å²) < 4.78 is 2.04. The smallest absolute Gasteiger partial charge is 0.216 e. The van der Waals surface area contributed by atoms with Crippen molar-refractivity contribution in [2.75, 3.05) is 0 Å². The van der Waals surface area contributed by atoms with E-state index in [0.717, 1.165) is 27.7 Å². The summed E-state index contributed by atoms with van der Waals surface area (Å²) in [5.74, 6) is 0.502. The first kappa shape index (κ1) is 12.5. The van der Waals surface area contributed by atoms with Gasteiger partial charge in [0.1, 0.15) is 18.5 Å². The van der Waals surface area contributed by atoms with Crippen LogP contribution in [-0.4, -0.2) is 10.2 Å². The van der Waals surface area contributed by atoms with Crippen LogP contribution < -0.4 is 4.57 Å². The van der Waals surface area contributed by atoms with Gasteiger partial charge in [0.15, 0.2) is 0 Å². The van der Waals surface area contributed by atoms with Gasteiger partial charge in [-0.1, -0.05) is 6.07 Å². The van der Waals surface area contributed by atoms with Crippen molar-refractivity contribution in [1.29, 1.82) is 0 Å². The van der Waals surface area contributed by atoms with Crippen LogP contribution in [0.4, 0.5) is 0 Å². The molecule has 0 saturated carbocycles. The molecule has 0 unspecified atom stereocenters. The van der Waals surface area contributed by atoms with Gasteiger partial charge in [-0.15, -0.1) is 0 Å². The lowest BCUT2D eigenvalue weighted by molar-refractivity contribution is -0.633. The van der Waals surface area contributed by atoms with Crippen LogP contribution in [-0.2, 0) is 7.05 Å². The number of aryl methyl sites for hydroxylation is 2. The molecule has 3 heteroatoms. The van der Waals surface area contributed by atoms with Crippen molar-refractivity contribution in [3.05, 3.63) is 54.1 Å². The molecule has 100 valence electrons. The molecule has 0 aliphatic carbocycles. The van der Waals surface area contributed by atoms with E-state index in [0.29, 0.717) is 0 Å². The molecule has 0 amide bonds. The van der Waals surface area contributed by atoms with Crippen molar-refractivity contribution in [3.8, 4) is 22.8 Å². The highest BCUT2D eigenvalue weighted by molar-refractivity contribution is 5.84. The third-order valence-corrected chi connectivity index (χ3v) is 3.59. The Kier molecular flexibility index (Phi) is 2.83. The fourth-order valence-corrected chi connectivity index (χ4v) is 2.49. The van der Waals surface area contributed by atoms with Crippen LogP contribution in [0.2, 0.25) is 0 Å². The van der Waals surface area contributed by atoms with Gasteiger partial charge in [-0.05, 0) is 42.8 Å². The van der Waals surface area contributed by atoms with Gasteiger partial charge in [0, 0.05) is 11.6 Å². The third-order valence-electron chi connectivity index (χ3n) is 3.59. The summed E-state index contributed by atoms with van der Waals surface area (Å²) in [4.78, 5) is 0. The predicted molar refractivity (Wildman–Crippen MR) is 78.6 cm³/mol. The lowest BCUT2D eigenvalue weighted by Gasteiger charge is -2.06. The zero-order valence-electron chi connectivity index (χ0n) is 11.5. The van der Waals surface area contributed by atoms with Crippen LogP contribution in [0, 0.1) is 6.92 Å². The van der Waals surface area contributed by atoms with E-state index in [9.17, 15) is 10.2 Å². The Balaban J connectivity index is 2.30. The van der Waals surface area contributed by atoms with Gasteiger partial charge in [-0.25, -0.2) is 0 Å².